The van der Waals surface area contributed by atoms with Crippen LogP contribution in [0.4, 0.5) is 4.39 Å². The molecule has 1 fully saturated rings. The van der Waals surface area contributed by atoms with Crippen LogP contribution in [0.15, 0.2) is 40.8 Å². The molecule has 0 aliphatic carbocycles. The molecule has 0 atom stereocenters. The lowest BCUT2D eigenvalue weighted by molar-refractivity contribution is 0.0671. The van der Waals surface area contributed by atoms with Crippen LogP contribution in [-0.2, 0) is 6.61 Å². The molecule has 1 aliphatic rings. The number of benzene rings is 1. The molecule has 1 saturated heterocycles. The maximum Gasteiger partial charge on any atom is 0.289 e. The fraction of sp³-hybridized carbons (Fsp3) is 0.389. The van der Waals surface area contributed by atoms with Gasteiger partial charge in [-0.25, -0.2) is 4.39 Å². The van der Waals surface area contributed by atoms with Crippen LogP contribution in [0.1, 0.15) is 29.2 Å². The molecule has 1 aromatic carbocycles. The highest BCUT2D eigenvalue weighted by atomic mass is 19.1. The van der Waals surface area contributed by atoms with Gasteiger partial charge in [0.05, 0.1) is 0 Å². The maximum atomic E-state index is 12.8. The summed E-state index contributed by atoms with van der Waals surface area (Å²) < 4.78 is 24.0. The molecule has 1 aliphatic heterocycles. The standard InChI is InChI=1S/C18H21FN2O3/c1-20-14-8-10-21(11-9-14)18(22)17-7-6-16(24-17)12-23-15-4-2-13(19)3-5-15/h2-7,14,20H,8-12H2,1H3. The molecule has 1 N–H and O–H groups in total. The molecule has 0 radical (unpaired) electrons. The molecule has 128 valence electrons. The van der Waals surface area contributed by atoms with E-state index in [1.807, 2.05) is 11.9 Å². The molecule has 24 heavy (non-hydrogen) atoms. The predicted octanol–water partition coefficient (Wildman–Crippen LogP) is 2.82. The third-order valence-corrected chi connectivity index (χ3v) is 4.26. The number of nitrogens with one attached hydrogen (secondary N) is 1. The summed E-state index contributed by atoms with van der Waals surface area (Å²) >= 11 is 0. The molecule has 1 aromatic heterocycles. The van der Waals surface area contributed by atoms with Crippen molar-refractivity contribution in [2.75, 3.05) is 20.1 Å². The van der Waals surface area contributed by atoms with Gasteiger partial charge in [-0.3, -0.25) is 4.79 Å². The van der Waals surface area contributed by atoms with E-state index >= 15 is 0 Å². The van der Waals surface area contributed by atoms with E-state index in [2.05, 4.69) is 5.32 Å². The van der Waals surface area contributed by atoms with Gasteiger partial charge in [0.25, 0.3) is 5.91 Å². The second-order valence-corrected chi connectivity index (χ2v) is 5.86. The first-order valence-corrected chi connectivity index (χ1v) is 8.09. The minimum absolute atomic E-state index is 0.0856. The molecule has 3 rings (SSSR count). The van der Waals surface area contributed by atoms with Crippen molar-refractivity contribution in [3.63, 3.8) is 0 Å². The van der Waals surface area contributed by atoms with Crippen LogP contribution in [0.25, 0.3) is 0 Å². The molecule has 0 saturated carbocycles. The lowest BCUT2D eigenvalue weighted by Gasteiger charge is -2.31. The van der Waals surface area contributed by atoms with E-state index in [0.29, 0.717) is 23.3 Å². The number of hydrogen-bond donors (Lipinski definition) is 1. The summed E-state index contributed by atoms with van der Waals surface area (Å²) in [7, 11) is 1.95. The first-order valence-electron chi connectivity index (χ1n) is 8.09. The first-order chi connectivity index (χ1) is 11.7. The van der Waals surface area contributed by atoms with Crippen LogP contribution in [0.5, 0.6) is 5.75 Å². The van der Waals surface area contributed by atoms with Crippen molar-refractivity contribution in [3.8, 4) is 5.75 Å². The van der Waals surface area contributed by atoms with Crippen molar-refractivity contribution < 1.29 is 18.3 Å². The molecule has 0 unspecified atom stereocenters. The van der Waals surface area contributed by atoms with Gasteiger partial charge in [-0.2, -0.15) is 0 Å². The topological polar surface area (TPSA) is 54.7 Å². The molecule has 6 heteroatoms. The van der Waals surface area contributed by atoms with E-state index in [0.717, 1.165) is 25.9 Å². The molecule has 2 aromatic rings. The number of piperidine rings is 1. The van der Waals surface area contributed by atoms with Gasteiger partial charge in [0, 0.05) is 19.1 Å². The van der Waals surface area contributed by atoms with Gasteiger partial charge in [0.1, 0.15) is 23.9 Å². The van der Waals surface area contributed by atoms with Crippen molar-refractivity contribution in [2.45, 2.75) is 25.5 Å². The van der Waals surface area contributed by atoms with E-state index < -0.39 is 0 Å². The smallest absolute Gasteiger partial charge is 0.289 e. The van der Waals surface area contributed by atoms with Gasteiger partial charge in [-0.1, -0.05) is 0 Å². The molecular formula is C18H21FN2O3. The van der Waals surface area contributed by atoms with E-state index in [1.54, 1.807) is 24.3 Å². The lowest BCUT2D eigenvalue weighted by atomic mass is 10.1. The average molecular weight is 332 g/mol. The molecule has 1 amide bonds. The zero-order valence-electron chi connectivity index (χ0n) is 13.6. The SMILES string of the molecule is CNC1CCN(C(=O)c2ccc(COc3ccc(F)cc3)o2)CC1. The van der Waals surface area contributed by atoms with Crippen LogP contribution in [-0.4, -0.2) is 37.0 Å². The van der Waals surface area contributed by atoms with Gasteiger partial charge in [-0.05, 0) is 56.3 Å². The Morgan fingerprint density at radius 3 is 2.62 bits per heavy atom. The van der Waals surface area contributed by atoms with Crippen LogP contribution in [0, 0.1) is 5.82 Å². The molecule has 0 spiro atoms. The van der Waals surface area contributed by atoms with Crippen molar-refractivity contribution in [1.29, 1.82) is 0 Å². The van der Waals surface area contributed by atoms with Gasteiger partial charge in [0.2, 0.25) is 0 Å². The maximum absolute atomic E-state index is 12.8. The third-order valence-electron chi connectivity index (χ3n) is 4.26. The van der Waals surface area contributed by atoms with Gasteiger partial charge < -0.3 is 19.4 Å². The summed E-state index contributed by atoms with van der Waals surface area (Å²) in [6.07, 6.45) is 1.90. The Bertz CT molecular complexity index is 676. The van der Waals surface area contributed by atoms with Gasteiger partial charge in [0.15, 0.2) is 5.76 Å². The van der Waals surface area contributed by atoms with Gasteiger partial charge in [-0.15, -0.1) is 0 Å². The number of furan rings is 1. The third kappa shape index (κ3) is 3.94. The molecule has 5 nitrogen and oxygen atoms in total. The first kappa shape index (κ1) is 16.5. The Balaban J connectivity index is 1.55. The summed E-state index contributed by atoms with van der Waals surface area (Å²) in [6, 6.07) is 9.66. The monoisotopic (exact) mass is 332 g/mol. The van der Waals surface area contributed by atoms with E-state index in [-0.39, 0.29) is 18.3 Å². The highest BCUT2D eigenvalue weighted by Gasteiger charge is 2.24. The second-order valence-electron chi connectivity index (χ2n) is 5.86. The summed E-state index contributed by atoms with van der Waals surface area (Å²) in [5, 5.41) is 3.24. The number of hydrogen-bond acceptors (Lipinski definition) is 4. The predicted molar refractivity (Wildman–Crippen MR) is 87.4 cm³/mol. The minimum atomic E-state index is -0.310. The van der Waals surface area contributed by atoms with Gasteiger partial charge >= 0.3 is 0 Å². The number of carbonyl (C=O) groups is 1. The van der Waals surface area contributed by atoms with Crippen LogP contribution < -0.4 is 10.1 Å². The number of nitrogens with zero attached hydrogens (tertiary/aromatic N) is 1. The normalized spacial score (nSPS) is 15.5. The Morgan fingerprint density at radius 2 is 1.96 bits per heavy atom. The number of rotatable bonds is 5. The molecular weight excluding hydrogens is 311 g/mol. The largest absolute Gasteiger partial charge is 0.486 e. The Kier molecular flexibility index (Phi) is 5.15. The summed E-state index contributed by atoms with van der Waals surface area (Å²) in [4.78, 5) is 14.3. The number of halogens is 1. The Hall–Kier alpha value is -2.34. The number of carbonyl (C=O) groups excluding carboxylic acids is 1. The van der Waals surface area contributed by atoms with E-state index in [9.17, 15) is 9.18 Å². The quantitative estimate of drug-likeness (QED) is 0.915. The summed E-state index contributed by atoms with van der Waals surface area (Å²) in [5.74, 6) is 1.05. The van der Waals surface area contributed by atoms with E-state index in [1.165, 1.54) is 12.1 Å². The number of amides is 1. The number of likely N-dealkylation sites (tertiary alicyclic amines) is 1. The van der Waals surface area contributed by atoms with Crippen molar-refractivity contribution in [3.05, 3.63) is 53.7 Å². The zero-order valence-corrected chi connectivity index (χ0v) is 13.6. The zero-order chi connectivity index (χ0) is 16.9. The Morgan fingerprint density at radius 1 is 1.25 bits per heavy atom. The Labute approximate surface area is 140 Å². The van der Waals surface area contributed by atoms with E-state index in [4.69, 9.17) is 9.15 Å². The fourth-order valence-electron chi connectivity index (χ4n) is 2.78. The van der Waals surface area contributed by atoms with Crippen molar-refractivity contribution in [1.82, 2.24) is 10.2 Å². The highest BCUT2D eigenvalue weighted by Crippen LogP contribution is 2.18. The minimum Gasteiger partial charge on any atom is -0.486 e. The summed E-state index contributed by atoms with van der Waals surface area (Å²) in [5.41, 5.74) is 0. The van der Waals surface area contributed by atoms with Crippen molar-refractivity contribution in [2.24, 2.45) is 0 Å². The second kappa shape index (κ2) is 7.49. The summed E-state index contributed by atoms with van der Waals surface area (Å²) in [6.45, 7) is 1.65. The molecule has 2 heterocycles. The molecule has 0 bridgehead atoms. The average Bonchev–Trinajstić information content (AvgIpc) is 3.10. The van der Waals surface area contributed by atoms with Crippen molar-refractivity contribution >= 4 is 5.91 Å². The van der Waals surface area contributed by atoms with Crippen LogP contribution >= 0.6 is 0 Å². The number of ether oxygens (including phenoxy) is 1. The van der Waals surface area contributed by atoms with Crippen LogP contribution in [0.2, 0.25) is 0 Å². The highest BCUT2D eigenvalue weighted by molar-refractivity contribution is 5.91. The van der Waals surface area contributed by atoms with Crippen LogP contribution in [0.3, 0.4) is 0 Å². The lowest BCUT2D eigenvalue weighted by Crippen LogP contribution is -2.43. The fourth-order valence-corrected chi connectivity index (χ4v) is 2.78.